The minimum atomic E-state index is -0.177. The number of halogens is 4. The van der Waals surface area contributed by atoms with Crippen LogP contribution in [0.2, 0.25) is 20.1 Å². The highest BCUT2D eigenvalue weighted by atomic mass is 35.5. The molecule has 8 rings (SSSR count). The summed E-state index contributed by atoms with van der Waals surface area (Å²) in [6, 6.07) is 43.9. The summed E-state index contributed by atoms with van der Waals surface area (Å²) < 4.78 is 0. The van der Waals surface area contributed by atoms with Crippen molar-refractivity contribution in [2.75, 3.05) is 13.1 Å². The third-order valence-electron chi connectivity index (χ3n) is 13.9. The van der Waals surface area contributed by atoms with Crippen molar-refractivity contribution in [2.45, 2.75) is 104 Å². The molecule has 4 atom stereocenters. The van der Waals surface area contributed by atoms with Crippen molar-refractivity contribution in [3.8, 4) is 0 Å². The maximum Gasteiger partial charge on any atom is 0.251 e. The molecule has 12 heteroatoms. The molecule has 2 N–H and O–H groups in total. The molecule has 2 aromatic heterocycles. The molecule has 0 spiro atoms. The molecule has 8 nitrogen and oxygen atoms in total. The molecule has 2 unspecified atom stereocenters. The number of nitrogens with zero attached hydrogens (tertiary/aromatic N) is 2. The second-order valence-corrected chi connectivity index (χ2v) is 21.3. The summed E-state index contributed by atoms with van der Waals surface area (Å²) in [7, 11) is 0. The highest BCUT2D eigenvalue weighted by Crippen LogP contribution is 2.46. The van der Waals surface area contributed by atoms with Gasteiger partial charge in [0.2, 0.25) is 0 Å². The summed E-state index contributed by atoms with van der Waals surface area (Å²) in [4.78, 5) is 57.0. The Kier molecular flexibility index (Phi) is 20.4. The van der Waals surface area contributed by atoms with Crippen LogP contribution < -0.4 is 10.6 Å². The van der Waals surface area contributed by atoms with E-state index < -0.39 is 0 Å². The fraction of sp³-hybridized carbons (Fsp3) is 0.281. The number of benzene rings is 6. The number of rotatable bonds is 20. The first-order valence-electron chi connectivity index (χ1n) is 25.9. The summed E-state index contributed by atoms with van der Waals surface area (Å²) >= 11 is 25.6. The fourth-order valence-electron chi connectivity index (χ4n) is 10.3. The average molecular weight is 1100 g/mol. The van der Waals surface area contributed by atoms with Gasteiger partial charge in [0.1, 0.15) is 11.6 Å². The first-order valence-corrected chi connectivity index (χ1v) is 27.4. The minimum Gasteiger partial charge on any atom is -0.352 e. The summed E-state index contributed by atoms with van der Waals surface area (Å²) in [5.74, 6) is 0.0694. The van der Waals surface area contributed by atoms with Gasteiger partial charge in [0.15, 0.2) is 0 Å². The molecule has 6 aromatic carbocycles. The number of pyridine rings is 2. The summed E-state index contributed by atoms with van der Waals surface area (Å²) in [6.07, 6.45) is 8.28. The first-order chi connectivity index (χ1) is 36.6. The van der Waals surface area contributed by atoms with Crippen LogP contribution in [0.25, 0.3) is 21.8 Å². The summed E-state index contributed by atoms with van der Waals surface area (Å²) in [5.41, 5.74) is 12.0. The van der Waals surface area contributed by atoms with Gasteiger partial charge in [-0.25, -0.2) is 0 Å². The number of aromatic nitrogens is 2. The maximum atomic E-state index is 12.6. The van der Waals surface area contributed by atoms with Crippen molar-refractivity contribution in [1.29, 1.82) is 0 Å². The highest BCUT2D eigenvalue weighted by molar-refractivity contribution is 6.32. The van der Waals surface area contributed by atoms with Crippen LogP contribution in [0.1, 0.15) is 155 Å². The van der Waals surface area contributed by atoms with E-state index in [0.717, 1.165) is 92.0 Å². The van der Waals surface area contributed by atoms with Crippen LogP contribution >= 0.6 is 46.4 Å². The van der Waals surface area contributed by atoms with Gasteiger partial charge >= 0.3 is 0 Å². The van der Waals surface area contributed by atoms with E-state index in [-0.39, 0.29) is 47.1 Å². The highest BCUT2D eigenvalue weighted by Gasteiger charge is 2.30. The predicted molar refractivity (Wildman–Crippen MR) is 313 cm³/mol. The Bertz CT molecular complexity index is 3090. The quantitative estimate of drug-likeness (QED) is 0.0785. The van der Waals surface area contributed by atoms with Gasteiger partial charge in [0, 0.05) is 92.2 Å². The number of nitrogens with one attached hydrogen (secondary N) is 2. The van der Waals surface area contributed by atoms with Crippen LogP contribution in [0.15, 0.2) is 146 Å². The van der Waals surface area contributed by atoms with Crippen molar-refractivity contribution < 1.29 is 19.2 Å². The van der Waals surface area contributed by atoms with Crippen molar-refractivity contribution in [3.63, 3.8) is 0 Å². The molecular weight excluding hydrogens is 1030 g/mol. The maximum absolute atomic E-state index is 12.6. The zero-order chi connectivity index (χ0) is 54.5. The molecule has 0 radical (unpaired) electrons. The number of amides is 2. The number of carbonyl (C=O) groups excluding carboxylic acids is 4. The SMILES string of the molecule is CCCC(c1ccc(C(=O)NCCC(C)=O)cc1)C(c1ccc(Cl)cc1)c1ccnc2c(C)cc(Cl)cc12.CCC[C@H](c1ccc(C(=O)NCCC(C)=O)cc1)[C@H](c1ccc(Cl)cc1)c1ccnc2c(C)cc(Cl)cc12. The molecule has 0 fully saturated rings. The second kappa shape index (κ2) is 27.1. The summed E-state index contributed by atoms with van der Waals surface area (Å²) in [6.45, 7) is 12.2. The van der Waals surface area contributed by atoms with Crippen LogP contribution in [0.4, 0.5) is 0 Å². The molecular formula is C64H64Cl4N4O4. The Morgan fingerprint density at radius 1 is 0.461 bits per heavy atom. The monoisotopic (exact) mass is 1090 g/mol. The molecule has 8 aromatic rings. The zero-order valence-electron chi connectivity index (χ0n) is 43.9. The topological polar surface area (TPSA) is 118 Å². The van der Waals surface area contributed by atoms with Crippen LogP contribution in [-0.4, -0.2) is 46.4 Å². The smallest absolute Gasteiger partial charge is 0.251 e. The Morgan fingerprint density at radius 2 is 0.803 bits per heavy atom. The van der Waals surface area contributed by atoms with E-state index in [1.807, 2.05) is 123 Å². The van der Waals surface area contributed by atoms with Crippen LogP contribution in [-0.2, 0) is 9.59 Å². The lowest BCUT2D eigenvalue weighted by Gasteiger charge is -2.30. The molecule has 0 aliphatic carbocycles. The molecule has 0 saturated carbocycles. The van der Waals surface area contributed by atoms with Crippen molar-refractivity contribution in [1.82, 2.24) is 20.6 Å². The van der Waals surface area contributed by atoms with Gasteiger partial charge in [0.05, 0.1) is 11.0 Å². The molecule has 2 amide bonds. The lowest BCUT2D eigenvalue weighted by Crippen LogP contribution is -2.25. The second-order valence-electron chi connectivity index (χ2n) is 19.5. The molecule has 0 aliphatic rings. The lowest BCUT2D eigenvalue weighted by atomic mass is 9.74. The average Bonchev–Trinajstić information content (AvgIpc) is 3.41. The Balaban J connectivity index is 0.000000221. The van der Waals surface area contributed by atoms with Crippen LogP contribution in [0.5, 0.6) is 0 Å². The van der Waals surface area contributed by atoms with Gasteiger partial charge < -0.3 is 10.6 Å². The van der Waals surface area contributed by atoms with E-state index in [9.17, 15) is 19.2 Å². The number of hydrogen-bond donors (Lipinski definition) is 2. The van der Waals surface area contributed by atoms with Crippen LogP contribution in [0.3, 0.4) is 0 Å². The summed E-state index contributed by atoms with van der Waals surface area (Å²) in [5, 5.41) is 10.5. The van der Waals surface area contributed by atoms with E-state index in [2.05, 4.69) is 70.8 Å². The molecule has 0 aliphatic heterocycles. The van der Waals surface area contributed by atoms with Gasteiger partial charge in [-0.3, -0.25) is 29.1 Å². The van der Waals surface area contributed by atoms with E-state index in [0.29, 0.717) is 57.1 Å². The standard InChI is InChI=1S/2C32H32Cl2N2O2/c2*1-4-5-27(22-6-8-24(9-7-22)32(38)36-16-14-21(3)37)30(23-10-12-25(33)13-11-23)28-15-17-35-31-20(2)18-26(34)19-29(28)31/h2*6-13,15,17-19,27,30H,4-5,14,16H2,1-3H3,(H,36,38)/t27-,30+;/m1./s1. The van der Waals surface area contributed by atoms with Crippen molar-refractivity contribution in [2.24, 2.45) is 0 Å². The normalized spacial score (nSPS) is 12.8. The largest absolute Gasteiger partial charge is 0.352 e. The Labute approximate surface area is 467 Å². The lowest BCUT2D eigenvalue weighted by molar-refractivity contribution is -0.117. The Hall–Kier alpha value is -6.42. The Morgan fingerprint density at radius 3 is 1.13 bits per heavy atom. The van der Waals surface area contributed by atoms with E-state index in [4.69, 9.17) is 46.4 Å². The van der Waals surface area contributed by atoms with Gasteiger partial charge in [-0.2, -0.15) is 0 Å². The van der Waals surface area contributed by atoms with E-state index in [1.165, 1.54) is 13.8 Å². The number of carbonyl (C=O) groups is 4. The van der Waals surface area contributed by atoms with E-state index >= 15 is 0 Å². The van der Waals surface area contributed by atoms with Gasteiger partial charge in [-0.15, -0.1) is 0 Å². The van der Waals surface area contributed by atoms with Gasteiger partial charge in [0.25, 0.3) is 11.8 Å². The predicted octanol–water partition coefficient (Wildman–Crippen LogP) is 16.5. The molecule has 2 heterocycles. The minimum absolute atomic E-state index is 0.0193. The van der Waals surface area contributed by atoms with Gasteiger partial charge in [-0.1, -0.05) is 122 Å². The fourth-order valence-corrected chi connectivity index (χ4v) is 11.1. The third-order valence-corrected chi connectivity index (χ3v) is 14.9. The van der Waals surface area contributed by atoms with E-state index in [1.54, 1.807) is 0 Å². The molecule has 0 bridgehead atoms. The molecule has 76 heavy (non-hydrogen) atoms. The number of aryl methyl sites for hydroxylation is 2. The first kappa shape index (κ1) is 57.3. The third kappa shape index (κ3) is 14.5. The number of hydrogen-bond acceptors (Lipinski definition) is 6. The number of Topliss-reactive ketones (excluding diaryl/α,β-unsaturated/α-hetero) is 2. The molecule has 0 saturated heterocycles. The molecule has 392 valence electrons. The number of fused-ring (bicyclic) bond motifs is 2. The van der Waals surface area contributed by atoms with Crippen molar-refractivity contribution >= 4 is 91.6 Å². The van der Waals surface area contributed by atoms with Crippen molar-refractivity contribution in [3.05, 3.63) is 222 Å². The van der Waals surface area contributed by atoms with Crippen LogP contribution in [0, 0.1) is 13.8 Å². The number of ketones is 2. The van der Waals surface area contributed by atoms with Gasteiger partial charge in [-0.05, 0) is 182 Å². The zero-order valence-corrected chi connectivity index (χ0v) is 46.9.